The quantitative estimate of drug-likeness (QED) is 0.654. The zero-order valence-corrected chi connectivity index (χ0v) is 17.8. The van der Waals surface area contributed by atoms with E-state index >= 15 is 0 Å². The Balaban J connectivity index is 1.65. The Kier molecular flexibility index (Phi) is 6.12. The van der Waals surface area contributed by atoms with Crippen LogP contribution in [0, 0.1) is 11.6 Å². The van der Waals surface area contributed by atoms with Gasteiger partial charge in [0.1, 0.15) is 23.9 Å². The van der Waals surface area contributed by atoms with E-state index in [1.54, 1.807) is 26.0 Å². The Morgan fingerprint density at radius 3 is 2.78 bits per heavy atom. The van der Waals surface area contributed by atoms with Gasteiger partial charge in [-0.05, 0) is 51.0 Å². The van der Waals surface area contributed by atoms with E-state index in [0.29, 0.717) is 41.2 Å². The second-order valence-electron chi connectivity index (χ2n) is 7.65. The first-order valence-electron chi connectivity index (χ1n) is 10.5. The number of Topliss-reactive ketones (excluding diaryl/α,β-unsaturated/α-hetero) is 1. The standard InChI is InChI=1S/C24H23F2NO5/c1-3-30-24(29)21-13(2)27-17-5-4-6-18(28)22(17)23(21)20-10-8-15(32-20)12-31-19-9-7-14(25)11-16(19)26/h7-11,23,27H,3-6,12H2,1-2H3. The average molecular weight is 443 g/mol. The molecule has 8 heteroatoms. The Morgan fingerprint density at radius 2 is 2.03 bits per heavy atom. The minimum atomic E-state index is -0.819. The fourth-order valence-corrected chi connectivity index (χ4v) is 4.12. The number of benzene rings is 1. The molecule has 1 atom stereocenters. The van der Waals surface area contributed by atoms with Crippen molar-refractivity contribution in [1.29, 1.82) is 0 Å². The van der Waals surface area contributed by atoms with Gasteiger partial charge in [0.05, 0.1) is 18.1 Å². The summed E-state index contributed by atoms with van der Waals surface area (Å²) in [7, 11) is 0. The molecule has 168 valence electrons. The Labute approximate surface area is 183 Å². The summed E-state index contributed by atoms with van der Waals surface area (Å²) in [6.45, 7) is 3.58. The summed E-state index contributed by atoms with van der Waals surface area (Å²) < 4.78 is 43.5. The molecule has 0 bridgehead atoms. The first-order chi connectivity index (χ1) is 15.4. The van der Waals surface area contributed by atoms with Gasteiger partial charge in [-0.25, -0.2) is 13.6 Å². The third kappa shape index (κ3) is 4.17. The van der Waals surface area contributed by atoms with Gasteiger partial charge in [-0.3, -0.25) is 4.79 Å². The third-order valence-corrected chi connectivity index (χ3v) is 5.50. The number of carbonyl (C=O) groups is 2. The van der Waals surface area contributed by atoms with Crippen LogP contribution in [0.5, 0.6) is 5.75 Å². The maximum atomic E-state index is 13.8. The van der Waals surface area contributed by atoms with Gasteiger partial charge in [0.15, 0.2) is 17.3 Å². The van der Waals surface area contributed by atoms with E-state index < -0.39 is 23.5 Å². The molecule has 2 aliphatic rings. The van der Waals surface area contributed by atoms with E-state index in [2.05, 4.69) is 5.32 Å². The first kappa shape index (κ1) is 21.8. The van der Waals surface area contributed by atoms with E-state index in [4.69, 9.17) is 13.9 Å². The molecule has 6 nitrogen and oxygen atoms in total. The zero-order valence-electron chi connectivity index (χ0n) is 17.8. The van der Waals surface area contributed by atoms with E-state index in [9.17, 15) is 18.4 Å². The van der Waals surface area contributed by atoms with Crippen LogP contribution in [0.4, 0.5) is 8.78 Å². The number of esters is 1. The molecule has 0 saturated heterocycles. The summed E-state index contributed by atoms with van der Waals surface area (Å²) in [4.78, 5) is 25.6. The molecule has 1 aliphatic carbocycles. The Bertz CT molecular complexity index is 1130. The molecule has 2 heterocycles. The van der Waals surface area contributed by atoms with Crippen LogP contribution >= 0.6 is 0 Å². The van der Waals surface area contributed by atoms with Gasteiger partial charge in [0.25, 0.3) is 0 Å². The molecular formula is C24H23F2NO5. The summed E-state index contributed by atoms with van der Waals surface area (Å²) in [5, 5.41) is 3.20. The SMILES string of the molecule is CCOC(=O)C1=C(C)NC2=C(C(=O)CCC2)C1c1ccc(COc2ccc(F)cc2F)o1. The van der Waals surface area contributed by atoms with Gasteiger partial charge in [0, 0.05) is 29.5 Å². The highest BCUT2D eigenvalue weighted by Gasteiger charge is 2.40. The van der Waals surface area contributed by atoms with Crippen molar-refractivity contribution in [2.75, 3.05) is 6.61 Å². The van der Waals surface area contributed by atoms with Crippen LogP contribution < -0.4 is 10.1 Å². The van der Waals surface area contributed by atoms with Crippen molar-refractivity contribution in [3.05, 3.63) is 76.0 Å². The molecule has 1 aromatic heterocycles. The number of dihydropyridines is 1. The van der Waals surface area contributed by atoms with Gasteiger partial charge in [-0.2, -0.15) is 0 Å². The molecule has 1 aliphatic heterocycles. The van der Waals surface area contributed by atoms with Crippen molar-refractivity contribution in [1.82, 2.24) is 5.32 Å². The lowest BCUT2D eigenvalue weighted by atomic mass is 9.77. The topological polar surface area (TPSA) is 77.8 Å². The van der Waals surface area contributed by atoms with Crippen LogP contribution in [-0.2, 0) is 20.9 Å². The molecule has 0 spiro atoms. The molecule has 2 aromatic rings. The second kappa shape index (κ2) is 8.98. The monoisotopic (exact) mass is 443 g/mol. The maximum Gasteiger partial charge on any atom is 0.336 e. The minimum absolute atomic E-state index is 0.0411. The number of furan rings is 1. The molecule has 4 rings (SSSR count). The van der Waals surface area contributed by atoms with Gasteiger partial charge >= 0.3 is 5.97 Å². The predicted molar refractivity (Wildman–Crippen MR) is 110 cm³/mol. The highest BCUT2D eigenvalue weighted by Crippen LogP contribution is 2.43. The first-order valence-corrected chi connectivity index (χ1v) is 10.5. The highest BCUT2D eigenvalue weighted by molar-refractivity contribution is 6.03. The van der Waals surface area contributed by atoms with Crippen LogP contribution in [0.2, 0.25) is 0 Å². The van der Waals surface area contributed by atoms with E-state index in [1.165, 1.54) is 6.07 Å². The number of ether oxygens (including phenoxy) is 2. The summed E-state index contributed by atoms with van der Waals surface area (Å²) in [6, 6.07) is 6.35. The lowest BCUT2D eigenvalue weighted by Gasteiger charge is -2.32. The van der Waals surface area contributed by atoms with Crippen LogP contribution in [0.15, 0.2) is 57.3 Å². The van der Waals surface area contributed by atoms with Gasteiger partial charge < -0.3 is 19.2 Å². The smallest absolute Gasteiger partial charge is 0.336 e. The molecule has 32 heavy (non-hydrogen) atoms. The number of hydrogen-bond acceptors (Lipinski definition) is 6. The molecule has 1 aromatic carbocycles. The van der Waals surface area contributed by atoms with Crippen molar-refractivity contribution in [2.24, 2.45) is 0 Å². The molecule has 0 amide bonds. The zero-order chi connectivity index (χ0) is 22.8. The minimum Gasteiger partial charge on any atom is -0.483 e. The van der Waals surface area contributed by atoms with Crippen molar-refractivity contribution < 1.29 is 32.3 Å². The van der Waals surface area contributed by atoms with Crippen molar-refractivity contribution in [3.8, 4) is 5.75 Å². The van der Waals surface area contributed by atoms with Crippen molar-refractivity contribution >= 4 is 11.8 Å². The normalized spacial score (nSPS) is 18.4. The number of halogens is 2. The summed E-state index contributed by atoms with van der Waals surface area (Å²) in [6.07, 6.45) is 1.83. The Morgan fingerprint density at radius 1 is 1.22 bits per heavy atom. The number of carbonyl (C=O) groups excluding carboxylic acids is 2. The summed E-state index contributed by atoms with van der Waals surface area (Å²) >= 11 is 0. The van der Waals surface area contributed by atoms with Gasteiger partial charge in [-0.1, -0.05) is 0 Å². The van der Waals surface area contributed by atoms with Crippen LogP contribution in [-0.4, -0.2) is 18.4 Å². The summed E-state index contributed by atoms with van der Waals surface area (Å²) in [5.41, 5.74) is 2.24. The number of hydrogen-bond donors (Lipinski definition) is 1. The largest absolute Gasteiger partial charge is 0.483 e. The van der Waals surface area contributed by atoms with Gasteiger partial charge in [0.2, 0.25) is 0 Å². The van der Waals surface area contributed by atoms with Crippen molar-refractivity contribution in [3.63, 3.8) is 0 Å². The fourth-order valence-electron chi connectivity index (χ4n) is 4.12. The number of rotatable bonds is 6. The average Bonchev–Trinajstić information content (AvgIpc) is 3.21. The van der Waals surface area contributed by atoms with E-state index in [1.807, 2.05) is 0 Å². The highest BCUT2D eigenvalue weighted by atomic mass is 19.1. The molecular weight excluding hydrogens is 420 g/mol. The second-order valence-corrected chi connectivity index (χ2v) is 7.65. The molecule has 0 saturated carbocycles. The lowest BCUT2D eigenvalue weighted by Crippen LogP contribution is -2.34. The van der Waals surface area contributed by atoms with Crippen LogP contribution in [0.1, 0.15) is 50.5 Å². The number of allylic oxidation sites excluding steroid dienone is 3. The van der Waals surface area contributed by atoms with E-state index in [-0.39, 0.29) is 24.7 Å². The number of nitrogens with one attached hydrogen (secondary N) is 1. The third-order valence-electron chi connectivity index (χ3n) is 5.50. The molecule has 0 radical (unpaired) electrons. The van der Waals surface area contributed by atoms with Crippen LogP contribution in [0.3, 0.4) is 0 Å². The number of ketones is 1. The molecule has 1 unspecified atom stereocenters. The Hall–Kier alpha value is -3.42. The summed E-state index contributed by atoms with van der Waals surface area (Å²) in [5.74, 6) is -2.12. The lowest BCUT2D eigenvalue weighted by molar-refractivity contribution is -0.138. The molecule has 1 N–H and O–H groups in total. The fraction of sp³-hybridized carbons (Fsp3) is 0.333. The van der Waals surface area contributed by atoms with Crippen molar-refractivity contribution in [2.45, 2.75) is 45.6 Å². The predicted octanol–water partition coefficient (Wildman–Crippen LogP) is 4.67. The van der Waals surface area contributed by atoms with E-state index in [0.717, 1.165) is 24.3 Å². The maximum absolute atomic E-state index is 13.8. The van der Waals surface area contributed by atoms with Gasteiger partial charge in [-0.15, -0.1) is 0 Å². The van der Waals surface area contributed by atoms with Crippen LogP contribution in [0.25, 0.3) is 0 Å². The molecule has 0 fully saturated rings.